The van der Waals surface area contributed by atoms with Crippen molar-refractivity contribution in [3.05, 3.63) is 35.9 Å². The van der Waals surface area contributed by atoms with Gasteiger partial charge in [-0.2, -0.15) is 0 Å². The van der Waals surface area contributed by atoms with Crippen LogP contribution < -0.4 is 0 Å². The Morgan fingerprint density at radius 3 is 2.32 bits per heavy atom. The van der Waals surface area contributed by atoms with Crippen molar-refractivity contribution in [3.8, 4) is 5.75 Å². The number of esters is 1. The minimum absolute atomic E-state index is 0.0190. The Balaban J connectivity index is 1.97. The zero-order valence-electron chi connectivity index (χ0n) is 17.2. The van der Waals surface area contributed by atoms with Gasteiger partial charge in [-0.25, -0.2) is 9.59 Å². The monoisotopic (exact) mass is 440 g/mol. The summed E-state index contributed by atoms with van der Waals surface area (Å²) in [6, 6.07) is 6.08. The molecule has 0 aliphatic carbocycles. The topological polar surface area (TPSA) is 163 Å². The third-order valence-corrected chi connectivity index (χ3v) is 4.62. The van der Waals surface area contributed by atoms with Gasteiger partial charge in [0.05, 0.1) is 0 Å². The first-order chi connectivity index (χ1) is 14.6. The van der Waals surface area contributed by atoms with Crippen LogP contribution in [0.15, 0.2) is 30.3 Å². The molecule has 6 atom stereocenters. The lowest BCUT2D eigenvalue weighted by molar-refractivity contribution is -0.311. The third-order valence-electron chi connectivity index (χ3n) is 4.62. The Kier molecular flexibility index (Phi) is 8.96. The van der Waals surface area contributed by atoms with Gasteiger partial charge < -0.3 is 39.7 Å². The summed E-state index contributed by atoms with van der Waals surface area (Å²) >= 11 is 0. The Morgan fingerprint density at radius 2 is 1.74 bits per heavy atom. The van der Waals surface area contributed by atoms with Crippen LogP contribution in [0.1, 0.15) is 25.8 Å². The van der Waals surface area contributed by atoms with Crippen LogP contribution in [0, 0.1) is 5.92 Å². The standard InChI is InChI=1S/C21H28O10/c1-11(2)9-14(20(27)28)30-21-19(26)18(25)17(24)15(31-21)10-29-16(23)8-5-12-3-6-13(22)7-4-12/h3-8,11,14-15,17-19,21-22,24-26H,9-10H2,1-2H3,(H,27,28). The molecule has 10 nitrogen and oxygen atoms in total. The third kappa shape index (κ3) is 7.30. The number of carboxylic acids is 1. The Labute approximate surface area is 179 Å². The first-order valence-corrected chi connectivity index (χ1v) is 9.80. The summed E-state index contributed by atoms with van der Waals surface area (Å²) in [5.41, 5.74) is 0.639. The highest BCUT2D eigenvalue weighted by atomic mass is 16.7. The van der Waals surface area contributed by atoms with Crippen LogP contribution in [0.4, 0.5) is 0 Å². The van der Waals surface area contributed by atoms with E-state index in [4.69, 9.17) is 14.2 Å². The normalized spacial score (nSPS) is 27.4. The molecule has 1 aromatic carbocycles. The smallest absolute Gasteiger partial charge is 0.332 e. The lowest BCUT2D eigenvalue weighted by Gasteiger charge is -2.40. The number of carboxylic acid groups (broad SMARTS) is 1. The van der Waals surface area contributed by atoms with Crippen LogP contribution in [0.5, 0.6) is 5.75 Å². The quantitative estimate of drug-likeness (QED) is 0.266. The fourth-order valence-corrected chi connectivity index (χ4v) is 2.93. The second-order valence-electron chi connectivity index (χ2n) is 7.66. The van der Waals surface area contributed by atoms with Crippen LogP contribution in [0.3, 0.4) is 0 Å². The van der Waals surface area contributed by atoms with Crippen molar-refractivity contribution >= 4 is 18.0 Å². The molecule has 1 aromatic rings. The van der Waals surface area contributed by atoms with Gasteiger partial charge >= 0.3 is 11.9 Å². The van der Waals surface area contributed by atoms with Gasteiger partial charge in [-0.1, -0.05) is 26.0 Å². The number of aliphatic hydroxyl groups is 3. The van der Waals surface area contributed by atoms with Crippen molar-refractivity contribution in [1.29, 1.82) is 0 Å². The number of ether oxygens (including phenoxy) is 3. The molecule has 6 unspecified atom stereocenters. The molecule has 1 aliphatic rings. The molecule has 1 aliphatic heterocycles. The first kappa shape index (κ1) is 24.8. The number of carbonyl (C=O) groups is 2. The van der Waals surface area contributed by atoms with E-state index in [1.165, 1.54) is 18.2 Å². The second kappa shape index (κ2) is 11.2. The number of aromatic hydroxyl groups is 1. The van der Waals surface area contributed by atoms with Gasteiger partial charge in [0.1, 0.15) is 36.8 Å². The van der Waals surface area contributed by atoms with Crippen molar-refractivity contribution in [2.24, 2.45) is 5.92 Å². The molecule has 10 heteroatoms. The largest absolute Gasteiger partial charge is 0.508 e. The van der Waals surface area contributed by atoms with E-state index < -0.39 is 55.4 Å². The molecule has 1 saturated heterocycles. The number of phenols is 1. The maximum absolute atomic E-state index is 11.9. The summed E-state index contributed by atoms with van der Waals surface area (Å²) in [6.45, 7) is 3.12. The molecule has 1 fully saturated rings. The fraction of sp³-hybridized carbons (Fsp3) is 0.524. The fourth-order valence-electron chi connectivity index (χ4n) is 2.93. The molecule has 1 heterocycles. The van der Waals surface area contributed by atoms with E-state index in [9.17, 15) is 35.1 Å². The number of hydrogen-bond donors (Lipinski definition) is 5. The molecular formula is C21H28O10. The number of aliphatic carboxylic acids is 1. The molecular weight excluding hydrogens is 412 g/mol. The number of phenolic OH excluding ortho intramolecular Hbond substituents is 1. The number of benzene rings is 1. The highest BCUT2D eigenvalue weighted by Gasteiger charge is 2.46. The van der Waals surface area contributed by atoms with Crippen molar-refractivity contribution < 1.29 is 49.3 Å². The Morgan fingerprint density at radius 1 is 1.10 bits per heavy atom. The molecule has 0 amide bonds. The van der Waals surface area contributed by atoms with Crippen LogP contribution >= 0.6 is 0 Å². The minimum Gasteiger partial charge on any atom is -0.508 e. The summed E-state index contributed by atoms with van der Waals surface area (Å²) in [7, 11) is 0. The summed E-state index contributed by atoms with van der Waals surface area (Å²) < 4.78 is 15.7. The van der Waals surface area contributed by atoms with Crippen LogP contribution in [0.2, 0.25) is 0 Å². The van der Waals surface area contributed by atoms with Crippen molar-refractivity contribution in [1.82, 2.24) is 0 Å². The summed E-state index contributed by atoms with van der Waals surface area (Å²) in [6.07, 6.45) is -6.32. The second-order valence-corrected chi connectivity index (χ2v) is 7.66. The van der Waals surface area contributed by atoms with Crippen LogP contribution in [0.25, 0.3) is 6.08 Å². The summed E-state index contributed by atoms with van der Waals surface area (Å²) in [4.78, 5) is 23.3. The highest BCUT2D eigenvalue weighted by Crippen LogP contribution is 2.25. The molecule has 31 heavy (non-hydrogen) atoms. The highest BCUT2D eigenvalue weighted by molar-refractivity contribution is 5.87. The zero-order valence-corrected chi connectivity index (χ0v) is 17.2. The lowest BCUT2D eigenvalue weighted by Crippen LogP contribution is -2.60. The number of rotatable bonds is 9. The van der Waals surface area contributed by atoms with Gasteiger partial charge in [0.2, 0.25) is 0 Å². The summed E-state index contributed by atoms with van der Waals surface area (Å²) in [5.74, 6) is -1.95. The maximum atomic E-state index is 11.9. The number of aliphatic hydroxyl groups excluding tert-OH is 3. The van der Waals surface area contributed by atoms with E-state index in [0.29, 0.717) is 5.56 Å². The van der Waals surface area contributed by atoms with E-state index in [-0.39, 0.29) is 18.1 Å². The molecule has 0 radical (unpaired) electrons. The van der Waals surface area contributed by atoms with Crippen molar-refractivity contribution in [3.63, 3.8) is 0 Å². The minimum atomic E-state index is -1.69. The van der Waals surface area contributed by atoms with Crippen molar-refractivity contribution in [2.75, 3.05) is 6.61 Å². The first-order valence-electron chi connectivity index (χ1n) is 9.80. The van der Waals surface area contributed by atoms with E-state index in [1.807, 2.05) is 0 Å². The van der Waals surface area contributed by atoms with Gasteiger partial charge in [-0.15, -0.1) is 0 Å². The lowest BCUT2D eigenvalue weighted by atomic mass is 9.99. The molecule has 172 valence electrons. The number of carbonyl (C=O) groups excluding carboxylic acids is 1. The van der Waals surface area contributed by atoms with E-state index >= 15 is 0 Å². The van der Waals surface area contributed by atoms with Gasteiger partial charge in [0.15, 0.2) is 12.4 Å². The SMILES string of the molecule is CC(C)CC(OC1OC(COC(=O)C=Cc2ccc(O)cc2)C(O)C(O)C1O)C(=O)O. The van der Waals surface area contributed by atoms with Crippen molar-refractivity contribution in [2.45, 2.75) is 57.1 Å². The average molecular weight is 440 g/mol. The van der Waals surface area contributed by atoms with Crippen LogP contribution in [-0.4, -0.2) is 80.9 Å². The Bertz CT molecular complexity index is 760. The predicted molar refractivity (Wildman–Crippen MR) is 107 cm³/mol. The molecule has 0 spiro atoms. The van der Waals surface area contributed by atoms with Crippen LogP contribution in [-0.2, 0) is 23.8 Å². The maximum Gasteiger partial charge on any atom is 0.332 e. The molecule has 0 bridgehead atoms. The Hall–Kier alpha value is -2.50. The van der Waals surface area contributed by atoms with E-state index in [2.05, 4.69) is 0 Å². The van der Waals surface area contributed by atoms with E-state index in [1.54, 1.807) is 26.0 Å². The molecule has 5 N–H and O–H groups in total. The molecule has 0 saturated carbocycles. The predicted octanol–water partition coefficient (Wildman–Crippen LogP) is 0.272. The van der Waals surface area contributed by atoms with Gasteiger partial charge in [0.25, 0.3) is 0 Å². The van der Waals surface area contributed by atoms with E-state index in [0.717, 1.165) is 6.08 Å². The average Bonchev–Trinajstić information content (AvgIpc) is 2.71. The van der Waals surface area contributed by atoms with Gasteiger partial charge in [-0.05, 0) is 36.1 Å². The zero-order chi connectivity index (χ0) is 23.1. The molecule has 0 aromatic heterocycles. The number of hydrogen-bond acceptors (Lipinski definition) is 9. The van der Waals surface area contributed by atoms with Gasteiger partial charge in [-0.3, -0.25) is 0 Å². The van der Waals surface area contributed by atoms with Gasteiger partial charge in [0, 0.05) is 6.08 Å². The molecule has 2 rings (SSSR count). The summed E-state index contributed by atoms with van der Waals surface area (Å²) in [5, 5.41) is 48.9.